The zero-order valence-corrected chi connectivity index (χ0v) is 12.2. The van der Waals surface area contributed by atoms with Crippen molar-refractivity contribution >= 4 is 5.91 Å². The minimum Gasteiger partial charge on any atom is -0.405 e. The van der Waals surface area contributed by atoms with Crippen LogP contribution in [0, 0.1) is 5.92 Å². The van der Waals surface area contributed by atoms with Gasteiger partial charge in [0.05, 0.1) is 0 Å². The summed E-state index contributed by atoms with van der Waals surface area (Å²) < 4.78 is 41.2. The van der Waals surface area contributed by atoms with E-state index < -0.39 is 6.36 Å². The number of ether oxygens (including phenoxy) is 1. The van der Waals surface area contributed by atoms with Crippen molar-refractivity contribution in [2.45, 2.75) is 38.1 Å². The van der Waals surface area contributed by atoms with Crippen molar-refractivity contribution in [3.05, 3.63) is 29.8 Å². The Bertz CT molecular complexity index is 532. The zero-order valence-electron chi connectivity index (χ0n) is 12.2. The van der Waals surface area contributed by atoms with Crippen LogP contribution in [0.4, 0.5) is 13.2 Å². The second-order valence-corrected chi connectivity index (χ2v) is 5.59. The first-order valence-corrected chi connectivity index (χ1v) is 7.16. The normalized spacial score (nSPS) is 22.0. The van der Waals surface area contributed by atoms with Crippen LogP contribution in [-0.4, -0.2) is 24.9 Å². The van der Waals surface area contributed by atoms with Crippen LogP contribution in [0.15, 0.2) is 24.3 Å². The topological polar surface area (TPSA) is 64.3 Å². The number of nitrogens with two attached hydrogens (primary N) is 1. The smallest absolute Gasteiger partial charge is 0.405 e. The van der Waals surface area contributed by atoms with Crippen LogP contribution in [0.25, 0.3) is 0 Å². The summed E-state index contributed by atoms with van der Waals surface area (Å²) in [6, 6.07) is 5.95. The molecule has 0 saturated heterocycles. The molecule has 0 heterocycles. The Balaban J connectivity index is 1.96. The summed E-state index contributed by atoms with van der Waals surface area (Å²) in [5.74, 6) is -0.904. The molecule has 122 valence electrons. The average Bonchev–Trinajstić information content (AvgIpc) is 3.17. The maximum Gasteiger partial charge on any atom is 0.573 e. The molecule has 0 radical (unpaired) electrons. The molecule has 1 amide bonds. The Morgan fingerprint density at radius 3 is 2.77 bits per heavy atom. The Morgan fingerprint density at radius 2 is 2.14 bits per heavy atom. The Hall–Kier alpha value is -1.76. The van der Waals surface area contributed by atoms with Crippen LogP contribution in [-0.2, 0) is 4.79 Å². The highest BCUT2D eigenvalue weighted by molar-refractivity contribution is 5.83. The van der Waals surface area contributed by atoms with E-state index in [2.05, 4.69) is 10.1 Å². The maximum absolute atomic E-state index is 12.4. The molecule has 1 aromatic carbocycles. The molecule has 1 aromatic rings. The maximum atomic E-state index is 12.4. The van der Waals surface area contributed by atoms with E-state index in [0.717, 1.165) is 0 Å². The van der Waals surface area contributed by atoms with E-state index in [4.69, 9.17) is 5.73 Å². The largest absolute Gasteiger partial charge is 0.573 e. The molecule has 3 N–H and O–H groups in total. The van der Waals surface area contributed by atoms with Crippen LogP contribution in [0.3, 0.4) is 0 Å². The number of hydrogen-bond donors (Lipinski definition) is 2. The third-order valence-corrected chi connectivity index (χ3v) is 3.57. The predicted octanol–water partition coefficient (Wildman–Crippen LogP) is 2.54. The third kappa shape index (κ3) is 4.62. The number of nitrogens with one attached hydrogen (secondary N) is 1. The summed E-state index contributed by atoms with van der Waals surface area (Å²) in [4.78, 5) is 12.0. The molecular formula is C15H19F3N2O2. The number of alkyl halides is 3. The van der Waals surface area contributed by atoms with Crippen molar-refractivity contribution in [3.8, 4) is 5.75 Å². The number of benzene rings is 1. The fourth-order valence-corrected chi connectivity index (χ4v) is 2.39. The highest BCUT2D eigenvalue weighted by atomic mass is 19.4. The lowest BCUT2D eigenvalue weighted by molar-refractivity contribution is -0.274. The van der Waals surface area contributed by atoms with Crippen molar-refractivity contribution < 1.29 is 22.7 Å². The lowest BCUT2D eigenvalue weighted by Gasteiger charge is -2.13. The van der Waals surface area contributed by atoms with E-state index in [-0.39, 0.29) is 29.5 Å². The predicted molar refractivity (Wildman–Crippen MR) is 75.2 cm³/mol. The second kappa shape index (κ2) is 6.56. The quantitative estimate of drug-likeness (QED) is 0.848. The van der Waals surface area contributed by atoms with Crippen LogP contribution >= 0.6 is 0 Å². The molecule has 0 bridgehead atoms. The standard InChI is InChI=1S/C15H19F3N2O2/c1-9(19)6-7-20-14(21)12-8-11(12)10-4-2-3-5-13(10)22-15(16,17)18/h2-5,9,11-12H,6-8,19H2,1H3,(H,20,21). The molecule has 2 rings (SSSR count). The summed E-state index contributed by atoms with van der Waals surface area (Å²) in [6.07, 6.45) is -3.54. The van der Waals surface area contributed by atoms with E-state index in [1.807, 2.05) is 6.92 Å². The fraction of sp³-hybridized carbons (Fsp3) is 0.533. The molecule has 1 saturated carbocycles. The van der Waals surface area contributed by atoms with Crippen molar-refractivity contribution in [1.29, 1.82) is 0 Å². The van der Waals surface area contributed by atoms with Gasteiger partial charge in [-0.2, -0.15) is 0 Å². The van der Waals surface area contributed by atoms with Gasteiger partial charge in [0, 0.05) is 18.5 Å². The highest BCUT2D eigenvalue weighted by Crippen LogP contribution is 2.50. The van der Waals surface area contributed by atoms with Gasteiger partial charge in [-0.05, 0) is 37.3 Å². The molecule has 0 aliphatic heterocycles. The van der Waals surface area contributed by atoms with Gasteiger partial charge in [0.25, 0.3) is 0 Å². The van der Waals surface area contributed by atoms with Gasteiger partial charge in [-0.1, -0.05) is 18.2 Å². The van der Waals surface area contributed by atoms with E-state index in [0.29, 0.717) is 24.9 Å². The van der Waals surface area contributed by atoms with Crippen molar-refractivity contribution in [1.82, 2.24) is 5.32 Å². The lowest BCUT2D eigenvalue weighted by Crippen LogP contribution is -2.30. The first-order valence-electron chi connectivity index (χ1n) is 7.16. The van der Waals surface area contributed by atoms with E-state index in [9.17, 15) is 18.0 Å². The third-order valence-electron chi connectivity index (χ3n) is 3.57. The van der Waals surface area contributed by atoms with Crippen molar-refractivity contribution in [3.63, 3.8) is 0 Å². The summed E-state index contributed by atoms with van der Waals surface area (Å²) in [7, 11) is 0. The number of para-hydroxylation sites is 1. The van der Waals surface area contributed by atoms with E-state index >= 15 is 0 Å². The summed E-state index contributed by atoms with van der Waals surface area (Å²) in [5.41, 5.74) is 6.02. The molecule has 0 aromatic heterocycles. The van der Waals surface area contributed by atoms with E-state index in [1.165, 1.54) is 12.1 Å². The molecule has 1 aliphatic carbocycles. The number of carbonyl (C=O) groups is 1. The van der Waals surface area contributed by atoms with E-state index in [1.54, 1.807) is 12.1 Å². The number of carbonyl (C=O) groups excluding carboxylic acids is 1. The fourth-order valence-electron chi connectivity index (χ4n) is 2.39. The number of halogens is 3. The van der Waals surface area contributed by atoms with Gasteiger partial charge in [-0.25, -0.2) is 0 Å². The monoisotopic (exact) mass is 316 g/mol. The van der Waals surface area contributed by atoms with Gasteiger partial charge < -0.3 is 15.8 Å². The zero-order chi connectivity index (χ0) is 16.3. The average molecular weight is 316 g/mol. The van der Waals surface area contributed by atoms with Crippen LogP contribution in [0.5, 0.6) is 5.75 Å². The van der Waals surface area contributed by atoms with Crippen molar-refractivity contribution in [2.24, 2.45) is 11.7 Å². The molecular weight excluding hydrogens is 297 g/mol. The molecule has 22 heavy (non-hydrogen) atoms. The minimum atomic E-state index is -4.74. The summed E-state index contributed by atoms with van der Waals surface area (Å²) >= 11 is 0. The van der Waals surface area contributed by atoms with Gasteiger partial charge >= 0.3 is 6.36 Å². The van der Waals surface area contributed by atoms with Gasteiger partial charge in [0.1, 0.15) is 5.75 Å². The summed E-state index contributed by atoms with van der Waals surface area (Å²) in [5, 5.41) is 2.76. The van der Waals surface area contributed by atoms with Gasteiger partial charge in [-0.3, -0.25) is 4.79 Å². The van der Waals surface area contributed by atoms with Crippen molar-refractivity contribution in [2.75, 3.05) is 6.54 Å². The molecule has 0 spiro atoms. The number of hydrogen-bond acceptors (Lipinski definition) is 3. The van der Waals surface area contributed by atoms with Gasteiger partial charge in [0.2, 0.25) is 5.91 Å². The second-order valence-electron chi connectivity index (χ2n) is 5.59. The number of rotatable bonds is 6. The van der Waals surface area contributed by atoms with Gasteiger partial charge in [-0.15, -0.1) is 13.2 Å². The molecule has 3 atom stereocenters. The Labute approximate surface area is 126 Å². The summed E-state index contributed by atoms with van der Waals surface area (Å²) in [6.45, 7) is 2.32. The highest BCUT2D eigenvalue weighted by Gasteiger charge is 2.46. The molecule has 7 heteroatoms. The first kappa shape index (κ1) is 16.6. The van der Waals surface area contributed by atoms with Gasteiger partial charge in [0.15, 0.2) is 0 Å². The molecule has 4 nitrogen and oxygen atoms in total. The Morgan fingerprint density at radius 1 is 1.45 bits per heavy atom. The van der Waals surface area contributed by atoms with Crippen LogP contribution in [0.1, 0.15) is 31.2 Å². The lowest BCUT2D eigenvalue weighted by atomic mass is 10.1. The number of amides is 1. The Kier molecular flexibility index (Phi) is 4.95. The van der Waals surface area contributed by atoms with Crippen LogP contribution < -0.4 is 15.8 Å². The molecule has 3 unspecified atom stereocenters. The first-order chi connectivity index (χ1) is 10.3. The SMILES string of the molecule is CC(N)CCNC(=O)C1CC1c1ccccc1OC(F)(F)F. The molecule has 1 fully saturated rings. The van der Waals surface area contributed by atoms with Crippen LogP contribution in [0.2, 0.25) is 0 Å². The minimum absolute atomic E-state index is 0.00351. The molecule has 1 aliphatic rings.